The lowest BCUT2D eigenvalue weighted by Gasteiger charge is -2.32. The molecular formula is C15H21ClN4. The summed E-state index contributed by atoms with van der Waals surface area (Å²) in [6.07, 6.45) is 8.33. The molecule has 0 aliphatic heterocycles. The Balaban J connectivity index is 2.03. The Kier molecular flexibility index (Phi) is 3.59. The van der Waals surface area contributed by atoms with Crippen LogP contribution in [0.4, 0.5) is 5.82 Å². The molecule has 1 fully saturated rings. The van der Waals surface area contributed by atoms with Crippen LogP contribution in [0, 0.1) is 6.92 Å². The van der Waals surface area contributed by atoms with E-state index in [0.29, 0.717) is 6.04 Å². The molecule has 0 N–H and O–H groups in total. The van der Waals surface area contributed by atoms with Gasteiger partial charge in [0.05, 0.1) is 11.2 Å². The second-order valence-corrected chi connectivity index (χ2v) is 6.15. The van der Waals surface area contributed by atoms with Crippen LogP contribution in [0.5, 0.6) is 0 Å². The van der Waals surface area contributed by atoms with Gasteiger partial charge in [0.25, 0.3) is 0 Å². The standard InChI is InChI=1S/C15H21ClN4/c1-10-12-9-17-15(13(16)14(12)20(3)18-10)19(2)11-7-5-4-6-8-11/h9,11H,4-8H2,1-3H3. The maximum atomic E-state index is 6.61. The lowest BCUT2D eigenvalue weighted by atomic mass is 9.94. The first-order valence-corrected chi connectivity index (χ1v) is 7.68. The van der Waals surface area contributed by atoms with Crippen molar-refractivity contribution in [2.24, 2.45) is 7.05 Å². The minimum absolute atomic E-state index is 0.556. The maximum absolute atomic E-state index is 6.61. The van der Waals surface area contributed by atoms with E-state index >= 15 is 0 Å². The molecule has 0 bridgehead atoms. The van der Waals surface area contributed by atoms with Gasteiger partial charge >= 0.3 is 0 Å². The molecule has 0 saturated heterocycles. The summed E-state index contributed by atoms with van der Waals surface area (Å²) in [7, 11) is 4.05. The van der Waals surface area contributed by atoms with Gasteiger partial charge in [0.15, 0.2) is 0 Å². The second-order valence-electron chi connectivity index (χ2n) is 5.77. The van der Waals surface area contributed by atoms with Gasteiger partial charge in [-0.2, -0.15) is 5.10 Å². The number of rotatable bonds is 2. The van der Waals surface area contributed by atoms with Gasteiger partial charge in [-0.05, 0) is 19.8 Å². The van der Waals surface area contributed by atoms with Crippen LogP contribution < -0.4 is 4.90 Å². The molecule has 1 saturated carbocycles. The third-order valence-corrected chi connectivity index (χ3v) is 4.79. The van der Waals surface area contributed by atoms with Gasteiger partial charge in [-0.25, -0.2) is 4.98 Å². The quantitative estimate of drug-likeness (QED) is 0.846. The van der Waals surface area contributed by atoms with Crippen LogP contribution in [0.3, 0.4) is 0 Å². The van der Waals surface area contributed by atoms with E-state index in [1.54, 1.807) is 0 Å². The average Bonchev–Trinajstić information content (AvgIpc) is 2.75. The fourth-order valence-corrected chi connectivity index (χ4v) is 3.67. The van der Waals surface area contributed by atoms with E-state index in [1.165, 1.54) is 32.1 Å². The fourth-order valence-electron chi connectivity index (χ4n) is 3.26. The van der Waals surface area contributed by atoms with Crippen molar-refractivity contribution in [1.29, 1.82) is 0 Å². The van der Waals surface area contributed by atoms with Gasteiger partial charge in [0.2, 0.25) is 0 Å². The summed E-state index contributed by atoms with van der Waals surface area (Å²) >= 11 is 6.61. The molecular weight excluding hydrogens is 272 g/mol. The summed E-state index contributed by atoms with van der Waals surface area (Å²) in [5.74, 6) is 0.883. The third-order valence-electron chi connectivity index (χ3n) is 4.45. The summed E-state index contributed by atoms with van der Waals surface area (Å²) in [4.78, 5) is 6.85. The largest absolute Gasteiger partial charge is 0.355 e. The van der Waals surface area contributed by atoms with Gasteiger partial charge in [-0.15, -0.1) is 0 Å². The molecule has 2 aromatic heterocycles. The highest BCUT2D eigenvalue weighted by atomic mass is 35.5. The molecule has 0 aromatic carbocycles. The number of nitrogens with zero attached hydrogens (tertiary/aromatic N) is 4. The Morgan fingerprint density at radius 2 is 2.00 bits per heavy atom. The van der Waals surface area contributed by atoms with Gasteiger partial charge < -0.3 is 4.90 Å². The lowest BCUT2D eigenvalue weighted by Crippen LogP contribution is -2.34. The monoisotopic (exact) mass is 292 g/mol. The van der Waals surface area contributed by atoms with E-state index in [9.17, 15) is 0 Å². The normalized spacial score (nSPS) is 16.8. The predicted octanol–water partition coefficient (Wildman–Crippen LogP) is 3.70. The van der Waals surface area contributed by atoms with Crippen molar-refractivity contribution in [2.45, 2.75) is 45.1 Å². The summed E-state index contributed by atoms with van der Waals surface area (Å²) in [5, 5.41) is 6.20. The van der Waals surface area contributed by atoms with E-state index < -0.39 is 0 Å². The second kappa shape index (κ2) is 5.24. The van der Waals surface area contributed by atoms with Crippen LogP contribution in [-0.2, 0) is 7.05 Å². The number of halogens is 1. The molecule has 1 aliphatic carbocycles. The summed E-state index contributed by atoms with van der Waals surface area (Å²) in [6, 6.07) is 0.556. The van der Waals surface area contributed by atoms with E-state index in [2.05, 4.69) is 22.0 Å². The molecule has 1 aliphatic rings. The van der Waals surface area contributed by atoms with Crippen LogP contribution in [0.2, 0.25) is 5.02 Å². The van der Waals surface area contributed by atoms with Crippen LogP contribution in [0.1, 0.15) is 37.8 Å². The Bertz CT molecular complexity index is 628. The molecule has 2 heterocycles. The first-order valence-electron chi connectivity index (χ1n) is 7.30. The summed E-state index contributed by atoms with van der Waals surface area (Å²) in [5.41, 5.74) is 1.96. The van der Waals surface area contributed by atoms with Crippen molar-refractivity contribution in [2.75, 3.05) is 11.9 Å². The Morgan fingerprint density at radius 3 is 2.70 bits per heavy atom. The van der Waals surface area contributed by atoms with E-state index in [1.807, 2.05) is 24.9 Å². The zero-order valence-corrected chi connectivity index (χ0v) is 13.1. The van der Waals surface area contributed by atoms with E-state index in [-0.39, 0.29) is 0 Å². The zero-order valence-electron chi connectivity index (χ0n) is 12.4. The highest BCUT2D eigenvalue weighted by molar-refractivity contribution is 6.37. The highest BCUT2D eigenvalue weighted by Gasteiger charge is 2.23. The first-order chi connectivity index (χ1) is 9.59. The number of hydrogen-bond acceptors (Lipinski definition) is 3. The van der Waals surface area contributed by atoms with Crippen LogP contribution in [-0.4, -0.2) is 27.9 Å². The van der Waals surface area contributed by atoms with Gasteiger partial charge in [-0.1, -0.05) is 30.9 Å². The van der Waals surface area contributed by atoms with Gasteiger partial charge in [-0.3, -0.25) is 4.68 Å². The minimum Gasteiger partial charge on any atom is -0.355 e. The zero-order chi connectivity index (χ0) is 14.3. The van der Waals surface area contributed by atoms with Crippen molar-refractivity contribution in [1.82, 2.24) is 14.8 Å². The Hall–Kier alpha value is -1.29. The molecule has 0 spiro atoms. The molecule has 2 aromatic rings. The number of aromatic nitrogens is 3. The number of hydrogen-bond donors (Lipinski definition) is 0. The van der Waals surface area contributed by atoms with Gasteiger partial charge in [0.1, 0.15) is 10.8 Å². The topological polar surface area (TPSA) is 34.0 Å². The number of fused-ring (bicyclic) bond motifs is 1. The summed E-state index contributed by atoms with van der Waals surface area (Å²) in [6.45, 7) is 1.99. The number of pyridine rings is 1. The van der Waals surface area contributed by atoms with E-state index in [0.717, 1.165) is 27.4 Å². The van der Waals surface area contributed by atoms with Gasteiger partial charge in [0, 0.05) is 31.7 Å². The number of anilines is 1. The molecule has 0 unspecified atom stereocenters. The van der Waals surface area contributed by atoms with Crippen LogP contribution in [0.15, 0.2) is 6.20 Å². The van der Waals surface area contributed by atoms with Crippen molar-refractivity contribution < 1.29 is 0 Å². The van der Waals surface area contributed by atoms with E-state index in [4.69, 9.17) is 11.6 Å². The average molecular weight is 293 g/mol. The lowest BCUT2D eigenvalue weighted by molar-refractivity contribution is 0.426. The van der Waals surface area contributed by atoms with Crippen molar-refractivity contribution in [3.05, 3.63) is 16.9 Å². The molecule has 5 heteroatoms. The Morgan fingerprint density at radius 1 is 1.30 bits per heavy atom. The predicted molar refractivity (Wildman–Crippen MR) is 83.5 cm³/mol. The third kappa shape index (κ3) is 2.16. The molecule has 0 atom stereocenters. The first kappa shape index (κ1) is 13.7. The Labute approximate surface area is 124 Å². The molecule has 3 rings (SSSR count). The molecule has 108 valence electrons. The molecule has 4 nitrogen and oxygen atoms in total. The van der Waals surface area contributed by atoms with Crippen LogP contribution >= 0.6 is 11.6 Å². The number of aryl methyl sites for hydroxylation is 2. The molecule has 20 heavy (non-hydrogen) atoms. The molecule has 0 amide bonds. The summed E-state index contributed by atoms with van der Waals surface area (Å²) < 4.78 is 1.85. The van der Waals surface area contributed by atoms with Crippen molar-refractivity contribution in [3.63, 3.8) is 0 Å². The SMILES string of the molecule is Cc1nn(C)c2c(Cl)c(N(C)C3CCCCC3)ncc12. The van der Waals surface area contributed by atoms with Crippen molar-refractivity contribution >= 4 is 28.3 Å². The van der Waals surface area contributed by atoms with Crippen molar-refractivity contribution in [3.8, 4) is 0 Å². The fraction of sp³-hybridized carbons (Fsp3) is 0.600. The minimum atomic E-state index is 0.556. The molecule has 0 radical (unpaired) electrons. The highest BCUT2D eigenvalue weighted by Crippen LogP contribution is 2.34. The van der Waals surface area contributed by atoms with Crippen LogP contribution in [0.25, 0.3) is 10.9 Å². The maximum Gasteiger partial charge on any atom is 0.149 e. The smallest absolute Gasteiger partial charge is 0.149 e.